The SMILES string of the molecule is CC1=NN(c2ccccc2)C(=O)[C@@H]1C=Nc1cccc2cccnc12. The minimum Gasteiger partial charge on any atom is -0.271 e. The molecule has 3 aromatic rings. The number of nitrogens with zero attached hydrogens (tertiary/aromatic N) is 4. The first-order chi connectivity index (χ1) is 12.2. The van der Waals surface area contributed by atoms with E-state index < -0.39 is 5.92 Å². The maximum absolute atomic E-state index is 12.7. The predicted molar refractivity (Wildman–Crippen MR) is 100 cm³/mol. The molecule has 4 rings (SSSR count). The van der Waals surface area contributed by atoms with Crippen LogP contribution in [0.2, 0.25) is 0 Å². The predicted octanol–water partition coefficient (Wildman–Crippen LogP) is 3.98. The van der Waals surface area contributed by atoms with Gasteiger partial charge in [0.2, 0.25) is 0 Å². The molecule has 1 aliphatic rings. The summed E-state index contributed by atoms with van der Waals surface area (Å²) in [5.74, 6) is -0.556. The van der Waals surface area contributed by atoms with Crippen LogP contribution in [0.4, 0.5) is 11.4 Å². The Bertz CT molecular complexity index is 990. The van der Waals surface area contributed by atoms with E-state index in [1.54, 1.807) is 12.4 Å². The molecule has 0 bridgehead atoms. The van der Waals surface area contributed by atoms with Crippen LogP contribution in [0.15, 0.2) is 77.0 Å². The number of para-hydroxylation sites is 2. The Hall–Kier alpha value is -3.34. The molecule has 0 fully saturated rings. The van der Waals surface area contributed by atoms with Gasteiger partial charge in [-0.25, -0.2) is 0 Å². The molecule has 0 saturated heterocycles. The molecule has 1 aliphatic heterocycles. The van der Waals surface area contributed by atoms with Gasteiger partial charge < -0.3 is 0 Å². The molecule has 5 heteroatoms. The average Bonchev–Trinajstić information content (AvgIpc) is 2.94. The Morgan fingerprint density at radius 1 is 1.04 bits per heavy atom. The summed E-state index contributed by atoms with van der Waals surface area (Å²) in [5, 5.41) is 6.85. The number of fused-ring (bicyclic) bond motifs is 1. The molecular formula is C20H16N4O. The Kier molecular flexibility index (Phi) is 3.82. The summed E-state index contributed by atoms with van der Waals surface area (Å²) >= 11 is 0. The third kappa shape index (κ3) is 2.80. The van der Waals surface area contributed by atoms with Crippen molar-refractivity contribution in [1.29, 1.82) is 0 Å². The molecule has 25 heavy (non-hydrogen) atoms. The zero-order chi connectivity index (χ0) is 17.2. The Morgan fingerprint density at radius 2 is 1.84 bits per heavy atom. The second kappa shape index (κ2) is 6.28. The van der Waals surface area contributed by atoms with E-state index in [0.717, 1.165) is 28.0 Å². The molecular weight excluding hydrogens is 312 g/mol. The summed E-state index contributed by atoms with van der Waals surface area (Å²) in [6.45, 7) is 1.85. The fourth-order valence-electron chi connectivity index (χ4n) is 2.85. The van der Waals surface area contributed by atoms with Crippen molar-refractivity contribution in [2.24, 2.45) is 16.0 Å². The zero-order valence-electron chi connectivity index (χ0n) is 13.7. The topological polar surface area (TPSA) is 57.9 Å². The summed E-state index contributed by atoms with van der Waals surface area (Å²) < 4.78 is 0. The first-order valence-corrected chi connectivity index (χ1v) is 8.06. The minimum absolute atomic E-state index is 0.0966. The van der Waals surface area contributed by atoms with Gasteiger partial charge >= 0.3 is 0 Å². The van der Waals surface area contributed by atoms with E-state index in [1.165, 1.54) is 5.01 Å². The van der Waals surface area contributed by atoms with Gasteiger partial charge in [-0.3, -0.25) is 14.8 Å². The van der Waals surface area contributed by atoms with Crippen molar-refractivity contribution in [3.8, 4) is 0 Å². The molecule has 5 nitrogen and oxygen atoms in total. The van der Waals surface area contributed by atoms with Crippen LogP contribution in [0.3, 0.4) is 0 Å². The quantitative estimate of drug-likeness (QED) is 0.683. The number of aliphatic imine (C=N–C) groups is 1. The number of aromatic nitrogens is 1. The van der Waals surface area contributed by atoms with E-state index in [2.05, 4.69) is 15.1 Å². The van der Waals surface area contributed by atoms with Gasteiger partial charge in [-0.1, -0.05) is 36.4 Å². The highest BCUT2D eigenvalue weighted by Gasteiger charge is 2.33. The second-order valence-corrected chi connectivity index (χ2v) is 5.84. The van der Waals surface area contributed by atoms with Gasteiger partial charge in [-0.15, -0.1) is 0 Å². The number of carbonyl (C=O) groups excluding carboxylic acids is 1. The zero-order valence-corrected chi connectivity index (χ0v) is 13.7. The van der Waals surface area contributed by atoms with Gasteiger partial charge in [-0.05, 0) is 31.2 Å². The Morgan fingerprint density at radius 3 is 2.68 bits per heavy atom. The fraction of sp³-hybridized carbons (Fsp3) is 0.100. The Labute approximate surface area is 145 Å². The molecule has 0 unspecified atom stereocenters. The normalized spacial score (nSPS) is 17.5. The van der Waals surface area contributed by atoms with Crippen LogP contribution in [-0.4, -0.2) is 22.8 Å². The number of amides is 1. The molecule has 0 aliphatic carbocycles. The number of hydrogen-bond donors (Lipinski definition) is 0. The molecule has 0 radical (unpaired) electrons. The summed E-state index contributed by atoms with van der Waals surface area (Å²) in [6.07, 6.45) is 3.40. The number of hydrogen-bond acceptors (Lipinski definition) is 4. The van der Waals surface area contributed by atoms with Crippen LogP contribution in [0.5, 0.6) is 0 Å². The van der Waals surface area contributed by atoms with Crippen molar-refractivity contribution in [2.45, 2.75) is 6.92 Å². The second-order valence-electron chi connectivity index (χ2n) is 5.84. The largest absolute Gasteiger partial charge is 0.271 e. The van der Waals surface area contributed by atoms with Crippen LogP contribution in [0.25, 0.3) is 10.9 Å². The van der Waals surface area contributed by atoms with Crippen molar-refractivity contribution >= 4 is 40.1 Å². The van der Waals surface area contributed by atoms with Crippen molar-refractivity contribution in [3.05, 3.63) is 66.9 Å². The van der Waals surface area contributed by atoms with E-state index in [0.29, 0.717) is 0 Å². The van der Waals surface area contributed by atoms with Crippen molar-refractivity contribution in [2.75, 3.05) is 5.01 Å². The third-order valence-corrected chi connectivity index (χ3v) is 4.16. The van der Waals surface area contributed by atoms with Gasteiger partial charge in [0.25, 0.3) is 5.91 Å². The molecule has 2 heterocycles. The summed E-state index contributed by atoms with van der Waals surface area (Å²) in [7, 11) is 0. The van der Waals surface area contributed by atoms with Gasteiger partial charge in [-0.2, -0.15) is 10.1 Å². The maximum Gasteiger partial charge on any atom is 0.261 e. The van der Waals surface area contributed by atoms with Gasteiger partial charge in [0, 0.05) is 17.8 Å². The van der Waals surface area contributed by atoms with E-state index in [9.17, 15) is 4.79 Å². The van der Waals surface area contributed by atoms with Crippen LogP contribution < -0.4 is 5.01 Å². The number of rotatable bonds is 3. The number of carbonyl (C=O) groups is 1. The first-order valence-electron chi connectivity index (χ1n) is 8.06. The molecule has 122 valence electrons. The van der Waals surface area contributed by atoms with Crippen LogP contribution in [0.1, 0.15) is 6.92 Å². The molecule has 1 amide bonds. The van der Waals surface area contributed by atoms with Crippen LogP contribution >= 0.6 is 0 Å². The van der Waals surface area contributed by atoms with E-state index in [1.807, 2.05) is 67.6 Å². The highest BCUT2D eigenvalue weighted by Crippen LogP contribution is 2.26. The lowest BCUT2D eigenvalue weighted by atomic mass is 10.1. The Balaban J connectivity index is 1.64. The summed E-state index contributed by atoms with van der Waals surface area (Å²) in [4.78, 5) is 21.6. The van der Waals surface area contributed by atoms with E-state index in [4.69, 9.17) is 0 Å². The summed E-state index contributed by atoms with van der Waals surface area (Å²) in [6, 6.07) is 19.1. The lowest BCUT2D eigenvalue weighted by molar-refractivity contribution is -0.118. The smallest absolute Gasteiger partial charge is 0.261 e. The van der Waals surface area contributed by atoms with Crippen LogP contribution in [0, 0.1) is 5.92 Å². The molecule has 1 atom stereocenters. The lowest BCUT2D eigenvalue weighted by Gasteiger charge is -2.12. The molecule has 0 N–H and O–H groups in total. The molecule has 0 saturated carbocycles. The fourth-order valence-corrected chi connectivity index (χ4v) is 2.85. The first kappa shape index (κ1) is 15.2. The van der Waals surface area contributed by atoms with Gasteiger partial charge in [0.1, 0.15) is 5.92 Å². The standard InChI is InChI=1S/C20H16N4O/c1-14-17(20(25)24(23-14)16-9-3-2-4-10-16)13-22-18-11-5-7-15-8-6-12-21-19(15)18/h2-13,17H,1H3/t17-/m1/s1. The van der Waals surface area contributed by atoms with Crippen LogP contribution in [-0.2, 0) is 4.79 Å². The average molecular weight is 328 g/mol. The third-order valence-electron chi connectivity index (χ3n) is 4.16. The number of anilines is 1. The van der Waals surface area contributed by atoms with Crippen molar-refractivity contribution in [1.82, 2.24) is 4.98 Å². The van der Waals surface area contributed by atoms with Crippen molar-refractivity contribution < 1.29 is 4.79 Å². The van der Waals surface area contributed by atoms with E-state index in [-0.39, 0.29) is 5.91 Å². The minimum atomic E-state index is -0.459. The highest BCUT2D eigenvalue weighted by atomic mass is 16.2. The number of pyridine rings is 1. The number of hydrazone groups is 1. The van der Waals surface area contributed by atoms with Gasteiger partial charge in [0.15, 0.2) is 0 Å². The maximum atomic E-state index is 12.7. The number of benzene rings is 2. The molecule has 1 aromatic heterocycles. The molecule has 2 aromatic carbocycles. The summed E-state index contributed by atoms with van der Waals surface area (Å²) in [5.41, 5.74) is 3.05. The monoisotopic (exact) mass is 328 g/mol. The van der Waals surface area contributed by atoms with Gasteiger partial charge in [0.05, 0.1) is 22.6 Å². The lowest BCUT2D eigenvalue weighted by Crippen LogP contribution is -2.27. The van der Waals surface area contributed by atoms with E-state index >= 15 is 0 Å². The highest BCUT2D eigenvalue weighted by molar-refractivity contribution is 6.23. The van der Waals surface area contributed by atoms with Crippen molar-refractivity contribution in [3.63, 3.8) is 0 Å². The molecule has 0 spiro atoms.